The van der Waals surface area contributed by atoms with Gasteiger partial charge in [0.05, 0.1) is 6.54 Å². The van der Waals surface area contributed by atoms with Crippen LogP contribution >= 0.6 is 0 Å². The highest BCUT2D eigenvalue weighted by Gasteiger charge is 2.20. The Bertz CT molecular complexity index is 867. The molecule has 6 nitrogen and oxygen atoms in total. The molecule has 0 radical (unpaired) electrons. The molecule has 0 saturated carbocycles. The molecular formula is C21H27N3O3. The highest BCUT2D eigenvalue weighted by molar-refractivity contribution is 5.81. The Kier molecular flexibility index (Phi) is 6.42. The van der Waals surface area contributed by atoms with Gasteiger partial charge in [0, 0.05) is 50.7 Å². The maximum atomic E-state index is 11.9. The summed E-state index contributed by atoms with van der Waals surface area (Å²) >= 11 is 0. The van der Waals surface area contributed by atoms with Crippen molar-refractivity contribution in [3.63, 3.8) is 0 Å². The third-order valence-corrected chi connectivity index (χ3v) is 4.97. The van der Waals surface area contributed by atoms with Crippen LogP contribution in [0.3, 0.4) is 0 Å². The minimum atomic E-state index is -0.306. The number of carbonyl (C=O) groups is 1. The molecule has 1 aliphatic rings. The maximum Gasteiger partial charge on any atom is 0.336 e. The van der Waals surface area contributed by atoms with Gasteiger partial charge in [-0.1, -0.05) is 19.1 Å². The number of hydrogen-bond donors (Lipinski definition) is 1. The molecule has 2 heterocycles. The summed E-state index contributed by atoms with van der Waals surface area (Å²) in [6.45, 7) is 10.8. The SMILES string of the molecule is C=CCNC(=O)CN1CCN(Cc2cc(=O)oc3ccc(CC)cc23)CC1. The van der Waals surface area contributed by atoms with Gasteiger partial charge in [-0.25, -0.2) is 4.79 Å². The summed E-state index contributed by atoms with van der Waals surface area (Å²) in [7, 11) is 0. The molecule has 1 aromatic heterocycles. The normalized spacial score (nSPS) is 15.7. The number of benzene rings is 1. The summed E-state index contributed by atoms with van der Waals surface area (Å²) in [5.41, 5.74) is 2.58. The fraction of sp³-hybridized carbons (Fsp3) is 0.429. The number of nitrogens with one attached hydrogen (secondary N) is 1. The zero-order valence-corrected chi connectivity index (χ0v) is 15.9. The van der Waals surface area contributed by atoms with Gasteiger partial charge < -0.3 is 9.73 Å². The van der Waals surface area contributed by atoms with Crippen LogP contribution in [0.4, 0.5) is 0 Å². The average Bonchev–Trinajstić information content (AvgIpc) is 2.67. The Hall–Kier alpha value is -2.44. The van der Waals surface area contributed by atoms with E-state index >= 15 is 0 Å². The van der Waals surface area contributed by atoms with Crippen LogP contribution in [0.5, 0.6) is 0 Å². The molecule has 0 spiro atoms. The lowest BCUT2D eigenvalue weighted by Crippen LogP contribution is -2.49. The van der Waals surface area contributed by atoms with E-state index in [9.17, 15) is 9.59 Å². The molecule has 2 aromatic rings. The molecule has 0 unspecified atom stereocenters. The molecule has 1 aliphatic heterocycles. The summed E-state index contributed by atoms with van der Waals surface area (Å²) < 4.78 is 5.35. The minimum Gasteiger partial charge on any atom is -0.423 e. The van der Waals surface area contributed by atoms with Gasteiger partial charge in [-0.3, -0.25) is 14.6 Å². The number of amides is 1. The summed E-state index contributed by atoms with van der Waals surface area (Å²) in [6.07, 6.45) is 2.63. The highest BCUT2D eigenvalue weighted by Crippen LogP contribution is 2.21. The molecule has 144 valence electrons. The highest BCUT2D eigenvalue weighted by atomic mass is 16.4. The van der Waals surface area contributed by atoms with Crippen molar-refractivity contribution in [1.82, 2.24) is 15.1 Å². The second kappa shape index (κ2) is 8.97. The third kappa shape index (κ3) is 5.05. The first kappa shape index (κ1) is 19.3. The molecule has 1 saturated heterocycles. The van der Waals surface area contributed by atoms with E-state index in [1.165, 1.54) is 5.56 Å². The topological polar surface area (TPSA) is 65.8 Å². The van der Waals surface area contributed by atoms with Gasteiger partial charge in [0.25, 0.3) is 0 Å². The lowest BCUT2D eigenvalue weighted by molar-refractivity contribution is -0.122. The third-order valence-electron chi connectivity index (χ3n) is 4.97. The summed E-state index contributed by atoms with van der Waals surface area (Å²) in [6, 6.07) is 7.62. The van der Waals surface area contributed by atoms with Crippen molar-refractivity contribution in [3.05, 3.63) is 58.5 Å². The lowest BCUT2D eigenvalue weighted by atomic mass is 10.0. The number of fused-ring (bicyclic) bond motifs is 1. The van der Waals surface area contributed by atoms with Gasteiger partial charge in [0.15, 0.2) is 0 Å². The molecule has 6 heteroatoms. The number of carbonyl (C=O) groups excluding carboxylic acids is 1. The van der Waals surface area contributed by atoms with E-state index < -0.39 is 0 Å². The Morgan fingerprint density at radius 2 is 1.96 bits per heavy atom. The predicted octanol–water partition coefficient (Wildman–Crippen LogP) is 1.78. The Morgan fingerprint density at radius 3 is 2.67 bits per heavy atom. The van der Waals surface area contributed by atoms with Gasteiger partial charge in [-0.05, 0) is 29.7 Å². The van der Waals surface area contributed by atoms with Crippen molar-refractivity contribution in [3.8, 4) is 0 Å². The zero-order chi connectivity index (χ0) is 19.2. The van der Waals surface area contributed by atoms with Crippen LogP contribution in [0.1, 0.15) is 18.1 Å². The average molecular weight is 369 g/mol. The van der Waals surface area contributed by atoms with Crippen molar-refractivity contribution >= 4 is 16.9 Å². The molecule has 1 fully saturated rings. The van der Waals surface area contributed by atoms with E-state index in [-0.39, 0.29) is 11.5 Å². The first-order valence-electron chi connectivity index (χ1n) is 9.47. The lowest BCUT2D eigenvalue weighted by Gasteiger charge is -2.34. The van der Waals surface area contributed by atoms with E-state index in [1.54, 1.807) is 12.1 Å². The largest absolute Gasteiger partial charge is 0.423 e. The molecule has 1 amide bonds. The molecule has 3 rings (SSSR count). The molecule has 0 atom stereocenters. The van der Waals surface area contributed by atoms with Crippen molar-refractivity contribution in [2.45, 2.75) is 19.9 Å². The van der Waals surface area contributed by atoms with Crippen LogP contribution < -0.4 is 10.9 Å². The Morgan fingerprint density at radius 1 is 1.22 bits per heavy atom. The van der Waals surface area contributed by atoms with Crippen LogP contribution in [-0.4, -0.2) is 55.0 Å². The number of rotatable bonds is 7. The molecular weight excluding hydrogens is 342 g/mol. The number of hydrogen-bond acceptors (Lipinski definition) is 5. The first-order valence-corrected chi connectivity index (χ1v) is 9.47. The first-order chi connectivity index (χ1) is 13.1. The molecule has 1 aromatic carbocycles. The smallest absolute Gasteiger partial charge is 0.336 e. The molecule has 27 heavy (non-hydrogen) atoms. The summed E-state index contributed by atoms with van der Waals surface area (Å²) in [4.78, 5) is 28.2. The quantitative estimate of drug-likeness (QED) is 0.595. The van der Waals surface area contributed by atoms with E-state index in [2.05, 4.69) is 34.7 Å². The van der Waals surface area contributed by atoms with Gasteiger partial charge in [0.2, 0.25) is 5.91 Å². The van der Waals surface area contributed by atoms with Gasteiger partial charge in [-0.2, -0.15) is 0 Å². The van der Waals surface area contributed by atoms with E-state index in [1.807, 2.05) is 12.1 Å². The van der Waals surface area contributed by atoms with Gasteiger partial charge in [0.1, 0.15) is 5.58 Å². The van der Waals surface area contributed by atoms with Crippen molar-refractivity contribution < 1.29 is 9.21 Å². The molecule has 1 N–H and O–H groups in total. The van der Waals surface area contributed by atoms with E-state index in [4.69, 9.17) is 4.42 Å². The number of aryl methyl sites for hydroxylation is 1. The van der Waals surface area contributed by atoms with Crippen molar-refractivity contribution in [2.75, 3.05) is 39.3 Å². The van der Waals surface area contributed by atoms with Crippen molar-refractivity contribution in [2.24, 2.45) is 0 Å². The monoisotopic (exact) mass is 369 g/mol. The minimum absolute atomic E-state index is 0.0297. The number of piperazine rings is 1. The standard InChI is InChI=1S/C21H27N3O3/c1-3-7-22-20(25)15-24-10-8-23(9-11-24)14-17-13-21(26)27-19-6-5-16(4-2)12-18(17)19/h3,5-6,12-13H,1,4,7-11,14-15H2,2H3,(H,22,25). The number of nitrogens with zero attached hydrogens (tertiary/aromatic N) is 2. The van der Waals surface area contributed by atoms with Gasteiger partial charge in [-0.15, -0.1) is 6.58 Å². The van der Waals surface area contributed by atoms with Crippen LogP contribution in [0, 0.1) is 0 Å². The van der Waals surface area contributed by atoms with Gasteiger partial charge >= 0.3 is 5.63 Å². The fourth-order valence-corrected chi connectivity index (χ4v) is 3.42. The Labute approximate surface area is 159 Å². The fourth-order valence-electron chi connectivity index (χ4n) is 3.42. The second-order valence-corrected chi connectivity index (χ2v) is 6.92. The van der Waals surface area contributed by atoms with Crippen molar-refractivity contribution in [1.29, 1.82) is 0 Å². The summed E-state index contributed by atoms with van der Waals surface area (Å²) in [5.74, 6) is 0.0297. The van der Waals surface area contributed by atoms with Crippen LogP contribution in [0.15, 0.2) is 46.1 Å². The zero-order valence-electron chi connectivity index (χ0n) is 15.9. The summed E-state index contributed by atoms with van der Waals surface area (Å²) in [5, 5.41) is 3.82. The predicted molar refractivity (Wildman–Crippen MR) is 107 cm³/mol. The molecule has 0 bridgehead atoms. The van der Waals surface area contributed by atoms with Crippen LogP contribution in [0.25, 0.3) is 11.0 Å². The maximum absolute atomic E-state index is 11.9. The van der Waals surface area contributed by atoms with Crippen LogP contribution in [-0.2, 0) is 17.8 Å². The Balaban J connectivity index is 1.64. The van der Waals surface area contributed by atoms with E-state index in [0.29, 0.717) is 25.2 Å². The van der Waals surface area contributed by atoms with E-state index in [0.717, 1.165) is 43.5 Å². The van der Waals surface area contributed by atoms with Crippen LogP contribution in [0.2, 0.25) is 0 Å². The second-order valence-electron chi connectivity index (χ2n) is 6.92. The molecule has 0 aliphatic carbocycles.